The van der Waals surface area contributed by atoms with Crippen LogP contribution in [0.1, 0.15) is 73.2 Å². The number of carbonyl (C=O) groups excluding carboxylic acids is 3. The first-order valence-electron chi connectivity index (χ1n) is 15.9. The summed E-state index contributed by atoms with van der Waals surface area (Å²) >= 11 is 0. The number of piperazine rings is 1. The lowest BCUT2D eigenvalue weighted by Crippen LogP contribution is -2.50. The smallest absolute Gasteiger partial charge is 0.410 e. The Morgan fingerprint density at radius 3 is 2.21 bits per heavy atom. The molecule has 2 aliphatic rings. The summed E-state index contributed by atoms with van der Waals surface area (Å²) in [6, 6.07) is 8.58. The third-order valence-electron chi connectivity index (χ3n) is 8.10. The number of hydrogen-bond donors (Lipinski definition) is 0. The second-order valence-electron chi connectivity index (χ2n) is 13.0. The minimum Gasteiger partial charge on any atom is -0.462 e. The molecule has 0 radical (unpaired) electrons. The van der Waals surface area contributed by atoms with Crippen molar-refractivity contribution in [3.8, 4) is 30.4 Å². The van der Waals surface area contributed by atoms with Crippen molar-refractivity contribution in [2.24, 2.45) is 5.92 Å². The number of ether oxygens (including phenoxy) is 3. The molecule has 0 N–H and O–H groups in total. The Bertz CT molecular complexity index is 1840. The van der Waals surface area contributed by atoms with Crippen molar-refractivity contribution in [2.75, 3.05) is 37.7 Å². The van der Waals surface area contributed by atoms with Crippen LogP contribution in [-0.2, 0) is 9.47 Å². The molecule has 1 saturated heterocycles. The number of nitrogens with zero attached hydrogens (tertiary/aromatic N) is 3. The van der Waals surface area contributed by atoms with E-state index in [1.165, 1.54) is 36.5 Å². The van der Waals surface area contributed by atoms with Crippen molar-refractivity contribution in [2.45, 2.75) is 58.1 Å². The number of fused-ring (bicyclic) bond motifs is 1. The van der Waals surface area contributed by atoms with Crippen LogP contribution in [0.25, 0.3) is 10.9 Å². The second-order valence-corrected chi connectivity index (χ2v) is 13.0. The van der Waals surface area contributed by atoms with Crippen LogP contribution in [0.2, 0.25) is 0 Å². The highest BCUT2D eigenvalue weighted by Gasteiger charge is 2.30. The molecule has 2 heterocycles. The van der Waals surface area contributed by atoms with E-state index in [0.29, 0.717) is 50.2 Å². The fraction of sp³-hybridized carbons (Fsp3) is 0.405. The summed E-state index contributed by atoms with van der Waals surface area (Å²) in [4.78, 5) is 55.2. The van der Waals surface area contributed by atoms with Crippen molar-refractivity contribution in [3.63, 3.8) is 0 Å². The number of esters is 2. The summed E-state index contributed by atoms with van der Waals surface area (Å²) in [7, 11) is 0. The lowest BCUT2D eigenvalue weighted by atomic mass is 10.0. The predicted octanol–water partition coefficient (Wildman–Crippen LogP) is 5.57. The molecule has 2 aromatic carbocycles. The zero-order valence-corrected chi connectivity index (χ0v) is 27.3. The Labute approximate surface area is 278 Å². The maximum absolute atomic E-state index is 15.6. The minimum atomic E-state index is -0.902. The molecule has 1 aliphatic carbocycles. The van der Waals surface area contributed by atoms with Gasteiger partial charge in [-0.15, -0.1) is 24.7 Å². The molecule has 11 heteroatoms. The monoisotopic (exact) mass is 655 g/mol. The van der Waals surface area contributed by atoms with Crippen LogP contribution >= 0.6 is 0 Å². The van der Waals surface area contributed by atoms with Gasteiger partial charge in [0.2, 0.25) is 5.43 Å². The highest BCUT2D eigenvalue weighted by atomic mass is 19.1. The van der Waals surface area contributed by atoms with Crippen LogP contribution in [0.3, 0.4) is 0 Å². The topological polar surface area (TPSA) is 107 Å². The maximum atomic E-state index is 15.6. The van der Waals surface area contributed by atoms with Crippen LogP contribution in [0.4, 0.5) is 14.9 Å². The SMILES string of the molecule is C#CCC(CC#C)COC(=O)c1ccc(OC(=O)c2cn(C3CC3)c3cc(N4CCN(C(=O)OC(C)(C)C)CC4)c(F)cc3c2=O)cc1. The molecule has 0 bridgehead atoms. The van der Waals surface area contributed by atoms with E-state index in [-0.39, 0.29) is 40.8 Å². The summed E-state index contributed by atoms with van der Waals surface area (Å²) < 4.78 is 33.7. The van der Waals surface area contributed by atoms with Gasteiger partial charge >= 0.3 is 18.0 Å². The van der Waals surface area contributed by atoms with Gasteiger partial charge in [0.15, 0.2) is 0 Å². The van der Waals surface area contributed by atoms with E-state index in [0.717, 1.165) is 12.8 Å². The Balaban J connectivity index is 1.31. The van der Waals surface area contributed by atoms with Crippen molar-refractivity contribution >= 4 is 34.6 Å². The summed E-state index contributed by atoms with van der Waals surface area (Å²) in [5.74, 6) is 2.91. The summed E-state index contributed by atoms with van der Waals surface area (Å²) in [5.41, 5.74) is -0.441. The zero-order valence-electron chi connectivity index (χ0n) is 27.3. The molecular formula is C37H38FN3O7. The molecule has 1 aliphatic heterocycles. The molecule has 5 rings (SSSR count). The van der Waals surface area contributed by atoms with E-state index in [9.17, 15) is 19.2 Å². The van der Waals surface area contributed by atoms with E-state index in [4.69, 9.17) is 27.1 Å². The van der Waals surface area contributed by atoms with E-state index < -0.39 is 34.9 Å². The molecule has 2 fully saturated rings. The van der Waals surface area contributed by atoms with Crippen LogP contribution in [-0.4, -0.2) is 65.9 Å². The zero-order chi connectivity index (χ0) is 34.6. The molecule has 250 valence electrons. The Hall–Kier alpha value is -5.29. The van der Waals surface area contributed by atoms with Crippen LogP contribution in [0.5, 0.6) is 5.75 Å². The Kier molecular flexibility index (Phi) is 10.1. The van der Waals surface area contributed by atoms with Crippen LogP contribution < -0.4 is 15.1 Å². The molecule has 0 spiro atoms. The van der Waals surface area contributed by atoms with E-state index >= 15 is 4.39 Å². The van der Waals surface area contributed by atoms with Crippen LogP contribution in [0, 0.1) is 36.4 Å². The number of halogens is 1. The van der Waals surface area contributed by atoms with Crippen molar-refractivity contribution in [3.05, 3.63) is 69.8 Å². The Morgan fingerprint density at radius 2 is 1.62 bits per heavy atom. The largest absolute Gasteiger partial charge is 0.462 e. The quantitative estimate of drug-likeness (QED) is 0.167. The van der Waals surface area contributed by atoms with Gasteiger partial charge in [-0.05, 0) is 70.0 Å². The van der Waals surface area contributed by atoms with Gasteiger partial charge in [0.25, 0.3) is 0 Å². The molecule has 0 unspecified atom stereocenters. The number of benzene rings is 2. The van der Waals surface area contributed by atoms with Gasteiger partial charge in [-0.2, -0.15) is 0 Å². The third-order valence-corrected chi connectivity index (χ3v) is 8.10. The molecule has 1 aromatic heterocycles. The van der Waals surface area contributed by atoms with Gasteiger partial charge in [-0.1, -0.05) is 0 Å². The number of rotatable bonds is 9. The first kappa shape index (κ1) is 34.1. The third kappa shape index (κ3) is 7.98. The first-order chi connectivity index (χ1) is 22.9. The normalized spacial score (nSPS) is 14.7. The summed E-state index contributed by atoms with van der Waals surface area (Å²) in [5, 5.41) is 0.0658. The number of terminal acetylenes is 2. The molecule has 1 saturated carbocycles. The predicted molar refractivity (Wildman–Crippen MR) is 179 cm³/mol. The summed E-state index contributed by atoms with van der Waals surface area (Å²) in [6.45, 7) is 6.96. The highest BCUT2D eigenvalue weighted by molar-refractivity contribution is 5.96. The maximum Gasteiger partial charge on any atom is 0.410 e. The van der Waals surface area contributed by atoms with Gasteiger partial charge in [-0.3, -0.25) is 4.79 Å². The number of hydrogen-bond acceptors (Lipinski definition) is 8. The fourth-order valence-corrected chi connectivity index (χ4v) is 5.48. The van der Waals surface area contributed by atoms with E-state index in [1.54, 1.807) is 31.7 Å². The lowest BCUT2D eigenvalue weighted by Gasteiger charge is -2.37. The minimum absolute atomic E-state index is 0.0492. The lowest BCUT2D eigenvalue weighted by molar-refractivity contribution is 0.0240. The first-order valence-corrected chi connectivity index (χ1v) is 15.9. The van der Waals surface area contributed by atoms with Gasteiger partial charge in [-0.25, -0.2) is 18.8 Å². The number of anilines is 1. The molecule has 3 aromatic rings. The molecule has 48 heavy (non-hydrogen) atoms. The number of carbonyl (C=O) groups is 3. The standard InChI is InChI=1S/C37H38FN3O7/c1-6-8-24(9-7-2)23-46-34(43)25-10-14-27(15-11-25)47-35(44)29-22-41(26-12-13-26)31-21-32(30(38)20-28(31)33(29)42)39-16-18-40(19-17-39)36(45)48-37(3,4)5/h1-2,10-11,14-15,20-22,24,26H,8-9,12-13,16-19,23H2,3-5H3. The van der Waals surface area contributed by atoms with Crippen molar-refractivity contribution in [1.82, 2.24) is 9.47 Å². The van der Waals surface area contributed by atoms with Gasteiger partial charge < -0.3 is 28.6 Å². The van der Waals surface area contributed by atoms with E-state index in [2.05, 4.69) is 11.8 Å². The van der Waals surface area contributed by atoms with Crippen molar-refractivity contribution in [1.29, 1.82) is 0 Å². The number of amides is 1. The molecule has 1 amide bonds. The van der Waals surface area contributed by atoms with Gasteiger partial charge in [0, 0.05) is 62.6 Å². The highest BCUT2D eigenvalue weighted by Crippen LogP contribution is 2.38. The van der Waals surface area contributed by atoms with E-state index in [1.807, 2.05) is 9.47 Å². The summed E-state index contributed by atoms with van der Waals surface area (Å²) in [6.07, 6.45) is 14.2. The Morgan fingerprint density at radius 1 is 0.979 bits per heavy atom. The van der Waals surface area contributed by atoms with Gasteiger partial charge in [0.05, 0.1) is 23.4 Å². The van der Waals surface area contributed by atoms with Crippen molar-refractivity contribution < 1.29 is 33.0 Å². The average Bonchev–Trinajstić information content (AvgIpc) is 3.89. The van der Waals surface area contributed by atoms with Crippen LogP contribution in [0.15, 0.2) is 47.4 Å². The molecule has 0 atom stereocenters. The van der Waals surface area contributed by atoms with Gasteiger partial charge in [0.1, 0.15) is 22.7 Å². The number of aromatic nitrogens is 1. The molecular weight excluding hydrogens is 617 g/mol. The second kappa shape index (κ2) is 14.2. The fourth-order valence-electron chi connectivity index (χ4n) is 5.48. The number of pyridine rings is 1. The average molecular weight is 656 g/mol. The molecule has 10 nitrogen and oxygen atoms in total.